The van der Waals surface area contributed by atoms with E-state index in [4.69, 9.17) is 0 Å². The standard InChI is InChI=1S/C8H14F3NO2/c1-6(2)3-4-7(13)12-14-5-8(9,10)11/h6H,3-5H2,1-2H3,(H,12,13). The normalized spacial score (nSPS) is 11.9. The third-order valence-corrected chi connectivity index (χ3v) is 1.37. The van der Waals surface area contributed by atoms with E-state index < -0.39 is 18.7 Å². The van der Waals surface area contributed by atoms with Crippen molar-refractivity contribution in [3.63, 3.8) is 0 Å². The van der Waals surface area contributed by atoms with Crippen molar-refractivity contribution in [3.8, 4) is 0 Å². The quantitative estimate of drug-likeness (QED) is 0.709. The summed E-state index contributed by atoms with van der Waals surface area (Å²) >= 11 is 0. The SMILES string of the molecule is CC(C)CCC(=O)NOCC(F)(F)F. The van der Waals surface area contributed by atoms with Crippen molar-refractivity contribution in [1.29, 1.82) is 0 Å². The summed E-state index contributed by atoms with van der Waals surface area (Å²) in [5.41, 5.74) is 1.74. The molecule has 0 heterocycles. The molecule has 1 amide bonds. The third kappa shape index (κ3) is 9.31. The van der Waals surface area contributed by atoms with Gasteiger partial charge >= 0.3 is 6.18 Å². The molecule has 0 spiro atoms. The van der Waals surface area contributed by atoms with Crippen molar-refractivity contribution >= 4 is 5.91 Å². The Morgan fingerprint density at radius 3 is 2.43 bits per heavy atom. The van der Waals surface area contributed by atoms with Crippen LogP contribution in [0.15, 0.2) is 0 Å². The van der Waals surface area contributed by atoms with E-state index in [1.165, 1.54) is 0 Å². The lowest BCUT2D eigenvalue weighted by atomic mass is 10.1. The molecule has 14 heavy (non-hydrogen) atoms. The number of carbonyl (C=O) groups excluding carboxylic acids is 1. The lowest BCUT2D eigenvalue weighted by Gasteiger charge is -2.08. The Bertz CT molecular complexity index is 180. The van der Waals surface area contributed by atoms with Crippen LogP contribution in [0.3, 0.4) is 0 Å². The van der Waals surface area contributed by atoms with Gasteiger partial charge in [-0.25, -0.2) is 5.48 Å². The minimum atomic E-state index is -4.41. The Labute approximate surface area is 80.6 Å². The predicted octanol–water partition coefficient (Wildman–Crippen LogP) is 2.03. The van der Waals surface area contributed by atoms with Gasteiger partial charge in [-0.3, -0.25) is 9.63 Å². The molecule has 0 atom stereocenters. The van der Waals surface area contributed by atoms with Gasteiger partial charge in [-0.2, -0.15) is 13.2 Å². The van der Waals surface area contributed by atoms with Crippen LogP contribution >= 0.6 is 0 Å². The number of nitrogens with one attached hydrogen (secondary N) is 1. The van der Waals surface area contributed by atoms with Gasteiger partial charge in [0, 0.05) is 6.42 Å². The van der Waals surface area contributed by atoms with Crippen LogP contribution in [-0.2, 0) is 9.63 Å². The number of alkyl halides is 3. The molecule has 0 aromatic rings. The highest BCUT2D eigenvalue weighted by Gasteiger charge is 2.28. The Morgan fingerprint density at radius 1 is 1.43 bits per heavy atom. The molecule has 0 saturated carbocycles. The average Bonchev–Trinajstić information content (AvgIpc) is 1.98. The molecule has 0 aliphatic rings. The molecule has 0 aromatic carbocycles. The van der Waals surface area contributed by atoms with Crippen LogP contribution in [0, 0.1) is 5.92 Å². The van der Waals surface area contributed by atoms with Gasteiger partial charge in [0.25, 0.3) is 0 Å². The van der Waals surface area contributed by atoms with E-state index in [9.17, 15) is 18.0 Å². The predicted molar refractivity (Wildman–Crippen MR) is 44.2 cm³/mol. The van der Waals surface area contributed by atoms with Gasteiger partial charge in [-0.15, -0.1) is 0 Å². The number of hydrogen-bond acceptors (Lipinski definition) is 2. The monoisotopic (exact) mass is 213 g/mol. The number of halogens is 3. The first-order valence-electron chi connectivity index (χ1n) is 4.28. The maximum Gasteiger partial charge on any atom is 0.414 e. The minimum absolute atomic E-state index is 0.176. The van der Waals surface area contributed by atoms with Gasteiger partial charge in [-0.1, -0.05) is 13.8 Å². The number of carbonyl (C=O) groups is 1. The van der Waals surface area contributed by atoms with E-state index in [1.54, 1.807) is 5.48 Å². The lowest BCUT2D eigenvalue weighted by Crippen LogP contribution is -2.29. The second-order valence-corrected chi connectivity index (χ2v) is 3.36. The van der Waals surface area contributed by atoms with E-state index in [2.05, 4.69) is 4.84 Å². The van der Waals surface area contributed by atoms with Gasteiger partial charge < -0.3 is 0 Å². The highest BCUT2D eigenvalue weighted by atomic mass is 19.4. The van der Waals surface area contributed by atoms with Crippen LogP contribution in [0.1, 0.15) is 26.7 Å². The fourth-order valence-corrected chi connectivity index (χ4v) is 0.669. The van der Waals surface area contributed by atoms with Crippen molar-refractivity contribution in [3.05, 3.63) is 0 Å². The Balaban J connectivity index is 3.46. The summed E-state index contributed by atoms with van der Waals surface area (Å²) in [6.45, 7) is 2.38. The second kappa shape index (κ2) is 5.85. The Morgan fingerprint density at radius 2 is 2.00 bits per heavy atom. The van der Waals surface area contributed by atoms with Gasteiger partial charge in [0.2, 0.25) is 5.91 Å². The zero-order valence-corrected chi connectivity index (χ0v) is 8.15. The Hall–Kier alpha value is -0.780. The maximum atomic E-state index is 11.5. The van der Waals surface area contributed by atoms with Gasteiger partial charge in [0.05, 0.1) is 0 Å². The maximum absolute atomic E-state index is 11.5. The molecule has 0 unspecified atom stereocenters. The smallest absolute Gasteiger partial charge is 0.273 e. The highest BCUT2D eigenvalue weighted by Crippen LogP contribution is 2.13. The molecule has 0 bridgehead atoms. The molecule has 3 nitrogen and oxygen atoms in total. The van der Waals surface area contributed by atoms with E-state index in [1.807, 2.05) is 13.8 Å². The lowest BCUT2D eigenvalue weighted by molar-refractivity contribution is -0.191. The zero-order valence-electron chi connectivity index (χ0n) is 8.15. The van der Waals surface area contributed by atoms with Crippen LogP contribution in [0.25, 0.3) is 0 Å². The van der Waals surface area contributed by atoms with E-state index in [0.29, 0.717) is 12.3 Å². The number of amides is 1. The van der Waals surface area contributed by atoms with Crippen molar-refractivity contribution in [2.45, 2.75) is 32.9 Å². The highest BCUT2D eigenvalue weighted by molar-refractivity contribution is 5.74. The van der Waals surface area contributed by atoms with Crippen LogP contribution < -0.4 is 5.48 Å². The number of hydrogen-bond donors (Lipinski definition) is 1. The molecule has 0 fully saturated rings. The van der Waals surface area contributed by atoms with Crippen LogP contribution in [-0.4, -0.2) is 18.7 Å². The van der Waals surface area contributed by atoms with Gasteiger partial charge in [-0.05, 0) is 12.3 Å². The average molecular weight is 213 g/mol. The zero-order chi connectivity index (χ0) is 11.2. The molecule has 1 N–H and O–H groups in total. The topological polar surface area (TPSA) is 38.3 Å². The van der Waals surface area contributed by atoms with Crippen molar-refractivity contribution in [2.24, 2.45) is 5.92 Å². The summed E-state index contributed by atoms with van der Waals surface area (Å²) < 4.78 is 34.6. The molecule has 0 aliphatic heterocycles. The van der Waals surface area contributed by atoms with Crippen molar-refractivity contribution < 1.29 is 22.8 Å². The summed E-state index contributed by atoms with van der Waals surface area (Å²) in [5, 5.41) is 0. The van der Waals surface area contributed by atoms with Crippen molar-refractivity contribution in [2.75, 3.05) is 6.61 Å². The van der Waals surface area contributed by atoms with Crippen LogP contribution in [0.2, 0.25) is 0 Å². The molecular formula is C8H14F3NO2. The molecule has 0 radical (unpaired) electrons. The van der Waals surface area contributed by atoms with E-state index in [-0.39, 0.29) is 6.42 Å². The molecular weight excluding hydrogens is 199 g/mol. The summed E-state index contributed by atoms with van der Waals surface area (Å²) in [6, 6.07) is 0. The fourth-order valence-electron chi connectivity index (χ4n) is 0.669. The Kier molecular flexibility index (Phi) is 5.52. The summed E-state index contributed by atoms with van der Waals surface area (Å²) in [5.74, 6) is -0.189. The second-order valence-electron chi connectivity index (χ2n) is 3.36. The molecule has 6 heteroatoms. The molecule has 84 valence electrons. The van der Waals surface area contributed by atoms with E-state index >= 15 is 0 Å². The van der Waals surface area contributed by atoms with Crippen molar-refractivity contribution in [1.82, 2.24) is 5.48 Å². The summed E-state index contributed by atoms with van der Waals surface area (Å²) in [6.07, 6.45) is -3.61. The minimum Gasteiger partial charge on any atom is -0.273 e. The molecule has 0 rings (SSSR count). The van der Waals surface area contributed by atoms with Gasteiger partial charge in [0.15, 0.2) is 6.61 Å². The van der Waals surface area contributed by atoms with E-state index in [0.717, 1.165) is 0 Å². The number of hydroxylamine groups is 1. The first-order valence-corrected chi connectivity index (χ1v) is 4.28. The summed E-state index contributed by atoms with van der Waals surface area (Å²) in [7, 11) is 0. The first kappa shape index (κ1) is 13.2. The third-order valence-electron chi connectivity index (χ3n) is 1.37. The van der Waals surface area contributed by atoms with Crippen LogP contribution in [0.5, 0.6) is 0 Å². The fraction of sp³-hybridized carbons (Fsp3) is 0.875. The first-order chi connectivity index (χ1) is 6.31. The summed E-state index contributed by atoms with van der Waals surface area (Å²) in [4.78, 5) is 14.8. The molecule has 0 saturated heterocycles. The molecule has 0 aromatic heterocycles. The largest absolute Gasteiger partial charge is 0.414 e. The van der Waals surface area contributed by atoms with Crippen LogP contribution in [0.4, 0.5) is 13.2 Å². The molecule has 0 aliphatic carbocycles. The number of rotatable bonds is 5. The van der Waals surface area contributed by atoms with Gasteiger partial charge in [0.1, 0.15) is 0 Å².